The van der Waals surface area contributed by atoms with Crippen molar-refractivity contribution >= 4 is 11.7 Å². The third kappa shape index (κ3) is 4.74. The molecule has 0 bridgehead atoms. The first-order chi connectivity index (χ1) is 11.0. The third-order valence-electron chi connectivity index (χ3n) is 3.13. The van der Waals surface area contributed by atoms with E-state index in [1.165, 1.54) is 6.33 Å². The van der Waals surface area contributed by atoms with Crippen LogP contribution in [-0.4, -0.2) is 20.4 Å². The molecule has 0 atom stereocenters. The average Bonchev–Trinajstić information content (AvgIpc) is 2.57. The highest BCUT2D eigenvalue weighted by molar-refractivity contribution is 5.98. The van der Waals surface area contributed by atoms with Gasteiger partial charge in [-0.2, -0.15) is 0 Å². The molecule has 23 heavy (non-hydrogen) atoms. The second kappa shape index (κ2) is 8.82. The summed E-state index contributed by atoms with van der Waals surface area (Å²) in [4.78, 5) is 24.8. The van der Waals surface area contributed by atoms with Gasteiger partial charge < -0.3 is 5.73 Å². The quantitative estimate of drug-likeness (QED) is 0.694. The molecule has 2 aromatic heterocycles. The summed E-state index contributed by atoms with van der Waals surface area (Å²) in [5.41, 5.74) is 7.98. The number of nitrogens with two attached hydrogens (primary N) is 1. The lowest BCUT2D eigenvalue weighted by atomic mass is 10.2. The van der Waals surface area contributed by atoms with Gasteiger partial charge in [0.15, 0.2) is 5.82 Å². The van der Waals surface area contributed by atoms with Crippen LogP contribution in [0, 0.1) is 13.8 Å². The van der Waals surface area contributed by atoms with Crippen molar-refractivity contribution in [3.05, 3.63) is 51.8 Å². The zero-order chi connectivity index (χ0) is 17.4. The Kier molecular flexibility index (Phi) is 7.12. The van der Waals surface area contributed by atoms with Crippen LogP contribution in [0.25, 0.3) is 0 Å². The predicted molar refractivity (Wildman–Crippen MR) is 94.2 cm³/mol. The number of rotatable bonds is 4. The van der Waals surface area contributed by atoms with Gasteiger partial charge in [-0.15, -0.1) is 0 Å². The van der Waals surface area contributed by atoms with Crippen molar-refractivity contribution in [3.63, 3.8) is 0 Å². The Morgan fingerprint density at radius 1 is 1.26 bits per heavy atom. The second-order valence-corrected chi connectivity index (χ2v) is 4.88. The number of nitrogens with zero attached hydrogens (tertiary/aromatic N) is 4. The number of amidine groups is 1. The van der Waals surface area contributed by atoms with Crippen LogP contribution in [0.5, 0.6) is 0 Å². The first kappa shape index (κ1) is 18.5. The minimum atomic E-state index is -0.0829. The molecule has 0 saturated carbocycles. The standard InChI is InChI=1S/C15H19N5O.C2H6/c1-4-7-20-9-18-14(11(3)15(20)21)19-13(16)12-6-5-10(2)17-8-12;1-2/h5-6,8-9H,4,7H2,1-3H3,(H2,16,19);1-2H3. The maximum absolute atomic E-state index is 12.1. The number of aromatic nitrogens is 3. The smallest absolute Gasteiger partial charge is 0.258 e. The molecule has 6 heteroatoms. The van der Waals surface area contributed by atoms with E-state index in [4.69, 9.17) is 5.73 Å². The van der Waals surface area contributed by atoms with Crippen molar-refractivity contribution in [3.8, 4) is 0 Å². The van der Waals surface area contributed by atoms with Crippen LogP contribution in [0.4, 0.5) is 5.82 Å². The topological polar surface area (TPSA) is 86.2 Å². The Morgan fingerprint density at radius 2 is 1.96 bits per heavy atom. The van der Waals surface area contributed by atoms with Crippen molar-refractivity contribution < 1.29 is 0 Å². The minimum absolute atomic E-state index is 0.0829. The van der Waals surface area contributed by atoms with E-state index >= 15 is 0 Å². The first-order valence-electron chi connectivity index (χ1n) is 7.86. The molecule has 0 fully saturated rings. The van der Waals surface area contributed by atoms with E-state index in [2.05, 4.69) is 15.0 Å². The molecule has 2 heterocycles. The number of hydrogen-bond acceptors (Lipinski definition) is 4. The van der Waals surface area contributed by atoms with E-state index in [1.807, 2.05) is 39.8 Å². The van der Waals surface area contributed by atoms with Crippen LogP contribution in [0.3, 0.4) is 0 Å². The van der Waals surface area contributed by atoms with Crippen LogP contribution >= 0.6 is 0 Å². The van der Waals surface area contributed by atoms with Crippen LogP contribution in [0.1, 0.15) is 44.0 Å². The monoisotopic (exact) mass is 315 g/mol. The largest absolute Gasteiger partial charge is 0.383 e. The fourth-order valence-electron chi connectivity index (χ4n) is 1.90. The molecule has 0 aliphatic carbocycles. The molecule has 0 spiro atoms. The molecule has 2 rings (SSSR count). The summed E-state index contributed by atoms with van der Waals surface area (Å²) >= 11 is 0. The molecule has 0 saturated heterocycles. The van der Waals surface area contributed by atoms with E-state index in [0.29, 0.717) is 29.3 Å². The summed E-state index contributed by atoms with van der Waals surface area (Å²) in [5, 5.41) is 0. The molecule has 124 valence electrons. The van der Waals surface area contributed by atoms with Gasteiger partial charge in [-0.05, 0) is 32.4 Å². The van der Waals surface area contributed by atoms with Crippen LogP contribution < -0.4 is 11.3 Å². The van der Waals surface area contributed by atoms with Gasteiger partial charge >= 0.3 is 0 Å². The fraction of sp³-hybridized carbons (Fsp3) is 0.412. The number of pyridine rings is 1. The van der Waals surface area contributed by atoms with Crippen molar-refractivity contribution in [2.75, 3.05) is 0 Å². The highest BCUT2D eigenvalue weighted by atomic mass is 16.1. The van der Waals surface area contributed by atoms with Gasteiger partial charge in [0.25, 0.3) is 5.56 Å². The Bertz CT molecular complexity index is 717. The van der Waals surface area contributed by atoms with Crippen LogP contribution in [0.2, 0.25) is 0 Å². The number of aliphatic imine (C=N–C) groups is 1. The summed E-state index contributed by atoms with van der Waals surface area (Å²) in [6, 6.07) is 3.70. The van der Waals surface area contributed by atoms with Crippen molar-refractivity contribution in [1.82, 2.24) is 14.5 Å². The molecule has 0 aromatic carbocycles. The van der Waals surface area contributed by atoms with Gasteiger partial charge in [0.05, 0.1) is 11.9 Å². The minimum Gasteiger partial charge on any atom is -0.383 e. The highest BCUT2D eigenvalue weighted by Crippen LogP contribution is 2.11. The molecule has 0 amide bonds. The molecular weight excluding hydrogens is 290 g/mol. The van der Waals surface area contributed by atoms with Gasteiger partial charge in [0, 0.05) is 24.0 Å². The van der Waals surface area contributed by atoms with E-state index < -0.39 is 0 Å². The van der Waals surface area contributed by atoms with Crippen molar-refractivity contribution in [1.29, 1.82) is 0 Å². The number of aryl methyl sites for hydroxylation is 2. The van der Waals surface area contributed by atoms with E-state index in [0.717, 1.165) is 12.1 Å². The van der Waals surface area contributed by atoms with Gasteiger partial charge in [-0.1, -0.05) is 20.8 Å². The van der Waals surface area contributed by atoms with Crippen LogP contribution in [0.15, 0.2) is 34.4 Å². The maximum Gasteiger partial charge on any atom is 0.258 e. The highest BCUT2D eigenvalue weighted by Gasteiger charge is 2.08. The summed E-state index contributed by atoms with van der Waals surface area (Å²) in [5.74, 6) is 0.649. The summed E-state index contributed by atoms with van der Waals surface area (Å²) < 4.78 is 1.58. The molecule has 0 aliphatic rings. The van der Waals surface area contributed by atoms with Gasteiger partial charge in [-0.25, -0.2) is 9.98 Å². The normalized spacial score (nSPS) is 10.9. The molecule has 0 radical (unpaired) electrons. The SMILES string of the molecule is CC.CCCn1cnc(/N=C(\N)c2ccc(C)nc2)c(C)c1=O. The summed E-state index contributed by atoms with van der Waals surface area (Å²) in [6.45, 7) is 10.3. The third-order valence-corrected chi connectivity index (χ3v) is 3.13. The molecule has 2 N–H and O–H groups in total. The van der Waals surface area contributed by atoms with Crippen molar-refractivity contribution in [2.45, 2.75) is 47.6 Å². The lowest BCUT2D eigenvalue weighted by molar-refractivity contribution is 0.637. The van der Waals surface area contributed by atoms with Crippen molar-refractivity contribution in [2.24, 2.45) is 10.7 Å². The fourth-order valence-corrected chi connectivity index (χ4v) is 1.90. The first-order valence-corrected chi connectivity index (χ1v) is 7.86. The van der Waals surface area contributed by atoms with Gasteiger partial charge in [0.1, 0.15) is 5.84 Å². The lowest BCUT2D eigenvalue weighted by Gasteiger charge is -2.07. The predicted octanol–water partition coefficient (Wildman–Crippen LogP) is 2.73. The zero-order valence-electron chi connectivity index (χ0n) is 14.5. The Hall–Kier alpha value is -2.50. The van der Waals surface area contributed by atoms with E-state index in [-0.39, 0.29) is 5.56 Å². The maximum atomic E-state index is 12.1. The van der Waals surface area contributed by atoms with Gasteiger partial charge in [0.2, 0.25) is 0 Å². The Morgan fingerprint density at radius 3 is 2.52 bits per heavy atom. The summed E-state index contributed by atoms with van der Waals surface area (Å²) in [6.07, 6.45) is 4.04. The molecule has 2 aromatic rings. The van der Waals surface area contributed by atoms with E-state index in [1.54, 1.807) is 17.7 Å². The molecule has 0 unspecified atom stereocenters. The Balaban J connectivity index is 0.00000127. The molecular formula is C17H25N5O. The summed E-state index contributed by atoms with van der Waals surface area (Å²) in [7, 11) is 0. The average molecular weight is 315 g/mol. The van der Waals surface area contributed by atoms with E-state index in [9.17, 15) is 4.79 Å². The van der Waals surface area contributed by atoms with Gasteiger partial charge in [-0.3, -0.25) is 14.3 Å². The number of hydrogen-bond donors (Lipinski definition) is 1. The zero-order valence-corrected chi connectivity index (χ0v) is 14.5. The lowest BCUT2D eigenvalue weighted by Crippen LogP contribution is -2.23. The molecule has 0 aliphatic heterocycles. The Labute approximate surface area is 137 Å². The molecule has 6 nitrogen and oxygen atoms in total. The second-order valence-electron chi connectivity index (χ2n) is 4.88. The van der Waals surface area contributed by atoms with Crippen LogP contribution in [-0.2, 0) is 6.54 Å².